The van der Waals surface area contributed by atoms with Crippen molar-refractivity contribution in [1.29, 1.82) is 0 Å². The Morgan fingerprint density at radius 3 is 2.69 bits per heavy atom. The number of hydrazone groups is 1. The monoisotopic (exact) mass is 415 g/mol. The number of H-pyrrole nitrogens is 1. The highest BCUT2D eigenvalue weighted by atomic mass is 79.9. The summed E-state index contributed by atoms with van der Waals surface area (Å²) in [6, 6.07) is 12.4. The second kappa shape index (κ2) is 7.79. The first-order valence-corrected chi connectivity index (χ1v) is 8.26. The predicted octanol–water partition coefficient (Wildman–Crippen LogP) is 2.75. The quantitative estimate of drug-likeness (QED) is 0.436. The number of phenols is 1. The van der Waals surface area contributed by atoms with Gasteiger partial charge in [-0.15, -0.1) is 10.2 Å². The molecule has 0 unspecified atom stereocenters. The number of nitrogens with one attached hydrogen (secondary N) is 2. The van der Waals surface area contributed by atoms with Gasteiger partial charge in [-0.2, -0.15) is 5.10 Å². The van der Waals surface area contributed by atoms with E-state index in [2.05, 4.69) is 41.6 Å². The molecule has 1 aromatic heterocycles. The number of ether oxygens (including phenoxy) is 1. The lowest BCUT2D eigenvalue weighted by molar-refractivity contribution is 0.372. The fraction of sp³-hybridized carbons (Fsp3) is 0.0588. The molecule has 8 nitrogen and oxygen atoms in total. The zero-order valence-electron chi connectivity index (χ0n) is 13.6. The maximum absolute atomic E-state index is 12.1. The zero-order chi connectivity index (χ0) is 18.5. The van der Waals surface area contributed by atoms with Crippen molar-refractivity contribution < 1.29 is 9.84 Å². The smallest absolute Gasteiger partial charge is 0.279 e. The number of rotatable bonds is 5. The Hall–Kier alpha value is -3.20. The van der Waals surface area contributed by atoms with E-state index in [1.807, 2.05) is 18.2 Å². The first-order valence-electron chi connectivity index (χ1n) is 7.47. The van der Waals surface area contributed by atoms with E-state index in [-0.39, 0.29) is 23.0 Å². The predicted molar refractivity (Wildman–Crippen MR) is 102 cm³/mol. The average Bonchev–Trinajstić information content (AvgIpc) is 2.66. The highest BCUT2D eigenvalue weighted by molar-refractivity contribution is 9.10. The van der Waals surface area contributed by atoms with Crippen LogP contribution in [-0.2, 0) is 0 Å². The van der Waals surface area contributed by atoms with Gasteiger partial charge in [-0.25, -0.2) is 5.43 Å². The number of methoxy groups -OCH3 is 1. The van der Waals surface area contributed by atoms with Gasteiger partial charge in [0.05, 0.1) is 17.8 Å². The van der Waals surface area contributed by atoms with E-state index in [1.54, 1.807) is 24.3 Å². The summed E-state index contributed by atoms with van der Waals surface area (Å²) in [5, 5.41) is 21.8. The van der Waals surface area contributed by atoms with Crippen LogP contribution in [0.15, 0.2) is 56.8 Å². The SMILES string of the molecule is COc1ccc(/C=N/Nc2nnc(-c3ccccc3)c(=O)[nH]2)c(Br)c1O. The molecular formula is C17H14BrN5O3. The van der Waals surface area contributed by atoms with Gasteiger partial charge in [0.15, 0.2) is 17.2 Å². The van der Waals surface area contributed by atoms with E-state index < -0.39 is 0 Å². The zero-order valence-corrected chi connectivity index (χ0v) is 15.2. The first-order chi connectivity index (χ1) is 12.6. The Balaban J connectivity index is 1.76. The fourth-order valence-electron chi connectivity index (χ4n) is 2.16. The molecule has 3 N–H and O–H groups in total. The molecule has 0 bridgehead atoms. The Morgan fingerprint density at radius 2 is 2.00 bits per heavy atom. The van der Waals surface area contributed by atoms with Crippen molar-refractivity contribution in [2.24, 2.45) is 5.10 Å². The number of phenolic OH excluding ortho intramolecular Hbond substituents is 1. The van der Waals surface area contributed by atoms with Crippen LogP contribution in [0.4, 0.5) is 5.95 Å². The Labute approximate surface area is 156 Å². The van der Waals surface area contributed by atoms with Gasteiger partial charge in [0.1, 0.15) is 0 Å². The molecule has 3 rings (SSSR count). The average molecular weight is 416 g/mol. The summed E-state index contributed by atoms with van der Waals surface area (Å²) in [5.41, 5.74) is 3.72. The van der Waals surface area contributed by atoms with Crippen LogP contribution < -0.4 is 15.7 Å². The molecule has 0 fully saturated rings. The van der Waals surface area contributed by atoms with Gasteiger partial charge < -0.3 is 9.84 Å². The Morgan fingerprint density at radius 1 is 1.23 bits per heavy atom. The van der Waals surface area contributed by atoms with Crippen LogP contribution in [0.25, 0.3) is 11.3 Å². The molecular weight excluding hydrogens is 402 g/mol. The summed E-state index contributed by atoms with van der Waals surface area (Å²) < 4.78 is 5.45. The molecule has 0 aliphatic heterocycles. The normalized spacial score (nSPS) is 10.8. The molecule has 0 radical (unpaired) electrons. The third-order valence-corrected chi connectivity index (χ3v) is 4.28. The lowest BCUT2D eigenvalue weighted by Crippen LogP contribution is -2.15. The van der Waals surface area contributed by atoms with Crippen molar-refractivity contribution in [3.63, 3.8) is 0 Å². The molecule has 2 aromatic carbocycles. The third-order valence-electron chi connectivity index (χ3n) is 3.45. The van der Waals surface area contributed by atoms with Gasteiger partial charge in [0, 0.05) is 11.1 Å². The van der Waals surface area contributed by atoms with E-state index >= 15 is 0 Å². The molecule has 132 valence electrons. The molecule has 0 aliphatic carbocycles. The molecule has 0 atom stereocenters. The second-order valence-corrected chi connectivity index (χ2v) is 5.90. The van der Waals surface area contributed by atoms with E-state index in [1.165, 1.54) is 13.3 Å². The molecule has 0 saturated heterocycles. The van der Waals surface area contributed by atoms with Crippen LogP contribution in [0.2, 0.25) is 0 Å². The minimum absolute atomic E-state index is 0.0307. The largest absolute Gasteiger partial charge is 0.503 e. The summed E-state index contributed by atoms with van der Waals surface area (Å²) in [6.45, 7) is 0. The maximum Gasteiger partial charge on any atom is 0.279 e. The van der Waals surface area contributed by atoms with Crippen molar-refractivity contribution in [3.05, 3.63) is 62.9 Å². The number of halogens is 1. The minimum Gasteiger partial charge on any atom is -0.503 e. The number of aromatic hydroxyl groups is 1. The number of benzene rings is 2. The van der Waals surface area contributed by atoms with Gasteiger partial charge in [-0.3, -0.25) is 9.78 Å². The summed E-state index contributed by atoms with van der Waals surface area (Å²) in [4.78, 5) is 14.7. The van der Waals surface area contributed by atoms with Gasteiger partial charge >= 0.3 is 0 Å². The summed E-state index contributed by atoms with van der Waals surface area (Å²) in [6.07, 6.45) is 1.45. The lowest BCUT2D eigenvalue weighted by Gasteiger charge is -2.06. The molecule has 0 saturated carbocycles. The highest BCUT2D eigenvalue weighted by Gasteiger charge is 2.10. The van der Waals surface area contributed by atoms with Crippen LogP contribution >= 0.6 is 15.9 Å². The number of aromatic amines is 1. The number of hydrogen-bond donors (Lipinski definition) is 3. The standard InChI is InChI=1S/C17H14BrN5O3/c1-26-12-8-7-11(13(18)15(12)24)9-19-22-17-20-16(25)14(21-23-17)10-5-3-2-4-6-10/h2-9,24H,1H3,(H2,20,22,23,25)/b19-9+. The molecule has 0 aliphatic rings. The molecule has 0 spiro atoms. The van der Waals surface area contributed by atoms with Crippen molar-refractivity contribution in [1.82, 2.24) is 15.2 Å². The lowest BCUT2D eigenvalue weighted by atomic mass is 10.2. The van der Waals surface area contributed by atoms with Crippen LogP contribution in [0, 0.1) is 0 Å². The maximum atomic E-state index is 12.1. The number of aromatic nitrogens is 3. The van der Waals surface area contributed by atoms with E-state index in [9.17, 15) is 9.90 Å². The molecule has 9 heteroatoms. The van der Waals surface area contributed by atoms with Crippen LogP contribution in [0.5, 0.6) is 11.5 Å². The van der Waals surface area contributed by atoms with Crippen molar-refractivity contribution >= 4 is 28.1 Å². The summed E-state index contributed by atoms with van der Waals surface area (Å²) >= 11 is 3.27. The topological polar surface area (TPSA) is 112 Å². The van der Waals surface area contributed by atoms with E-state index in [0.717, 1.165) is 0 Å². The Kier molecular flexibility index (Phi) is 5.28. The van der Waals surface area contributed by atoms with Crippen LogP contribution in [-0.4, -0.2) is 33.6 Å². The summed E-state index contributed by atoms with van der Waals surface area (Å²) in [5.74, 6) is 0.408. The van der Waals surface area contributed by atoms with Crippen LogP contribution in [0.3, 0.4) is 0 Å². The minimum atomic E-state index is -0.382. The number of hydrogen-bond acceptors (Lipinski definition) is 7. The van der Waals surface area contributed by atoms with Gasteiger partial charge in [-0.1, -0.05) is 30.3 Å². The van der Waals surface area contributed by atoms with Gasteiger partial charge in [0.25, 0.3) is 5.56 Å². The van der Waals surface area contributed by atoms with Gasteiger partial charge in [-0.05, 0) is 28.1 Å². The fourth-order valence-corrected chi connectivity index (χ4v) is 2.59. The van der Waals surface area contributed by atoms with Crippen LogP contribution in [0.1, 0.15) is 5.56 Å². The molecule has 3 aromatic rings. The van der Waals surface area contributed by atoms with E-state index in [0.29, 0.717) is 21.3 Å². The third kappa shape index (κ3) is 3.72. The molecule has 0 amide bonds. The summed E-state index contributed by atoms with van der Waals surface area (Å²) in [7, 11) is 1.46. The van der Waals surface area contributed by atoms with E-state index in [4.69, 9.17) is 4.74 Å². The van der Waals surface area contributed by atoms with Crippen molar-refractivity contribution in [3.8, 4) is 22.8 Å². The highest BCUT2D eigenvalue weighted by Crippen LogP contribution is 2.35. The Bertz CT molecular complexity index is 1010. The van der Waals surface area contributed by atoms with Crippen molar-refractivity contribution in [2.75, 3.05) is 12.5 Å². The second-order valence-electron chi connectivity index (χ2n) is 5.11. The van der Waals surface area contributed by atoms with Gasteiger partial charge in [0.2, 0.25) is 5.95 Å². The number of nitrogens with zero attached hydrogens (tertiary/aromatic N) is 3. The van der Waals surface area contributed by atoms with Crippen molar-refractivity contribution in [2.45, 2.75) is 0 Å². The molecule has 1 heterocycles. The number of anilines is 1. The first kappa shape index (κ1) is 17.6. The molecule has 26 heavy (non-hydrogen) atoms.